The van der Waals surface area contributed by atoms with Gasteiger partial charge in [-0.2, -0.15) is 9.36 Å². The third kappa shape index (κ3) is 3.35. The van der Waals surface area contributed by atoms with Crippen LogP contribution in [0.2, 0.25) is 5.15 Å². The van der Waals surface area contributed by atoms with Crippen molar-refractivity contribution in [2.45, 2.75) is 6.92 Å². The van der Waals surface area contributed by atoms with Gasteiger partial charge in [-0.1, -0.05) is 17.7 Å². The highest BCUT2D eigenvalue weighted by molar-refractivity contribution is 7.08. The minimum Gasteiger partial charge on any atom is -0.477 e. The molecule has 0 aliphatic heterocycles. The highest BCUT2D eigenvalue weighted by Crippen LogP contribution is 2.24. The molecule has 0 bridgehead atoms. The van der Waals surface area contributed by atoms with Crippen LogP contribution in [0, 0.1) is 6.92 Å². The van der Waals surface area contributed by atoms with Gasteiger partial charge in [0.1, 0.15) is 16.4 Å². The second-order valence-corrected chi connectivity index (χ2v) is 6.74. The molecule has 0 atom stereocenters. The van der Waals surface area contributed by atoms with Crippen molar-refractivity contribution in [1.82, 2.24) is 23.9 Å². The third-order valence-corrected chi connectivity index (χ3v) is 4.78. The van der Waals surface area contributed by atoms with Gasteiger partial charge in [0.05, 0.1) is 5.39 Å². The Morgan fingerprint density at radius 3 is 2.75 bits per heavy atom. The molecular formula is C17H11Cl2N5O3S. The fraction of sp³-hybridized carbons (Fsp3) is 0.0588. The van der Waals surface area contributed by atoms with Gasteiger partial charge in [-0.05, 0) is 30.7 Å². The lowest BCUT2D eigenvalue weighted by atomic mass is 10.1. The molecule has 0 radical (unpaired) electrons. The lowest BCUT2D eigenvalue weighted by molar-refractivity contribution is 0.0695. The number of carboxylic acid groups (broad SMARTS) is 1. The predicted molar refractivity (Wildman–Crippen MR) is 108 cm³/mol. The molecule has 4 heterocycles. The Hall–Kier alpha value is -2.88. The summed E-state index contributed by atoms with van der Waals surface area (Å²) in [6, 6.07) is 6.86. The molecule has 1 N–H and O–H groups in total. The molecule has 0 amide bonds. The Bertz CT molecular complexity index is 1260. The van der Waals surface area contributed by atoms with E-state index in [9.17, 15) is 14.7 Å². The first-order chi connectivity index (χ1) is 13.0. The lowest BCUT2D eigenvalue weighted by Gasteiger charge is -2.10. The summed E-state index contributed by atoms with van der Waals surface area (Å²) in [6.07, 6.45) is 2.82. The van der Waals surface area contributed by atoms with E-state index in [4.69, 9.17) is 11.6 Å². The number of aromatic nitrogens is 5. The number of fused-ring (bicyclic) bond motifs is 1. The molecule has 4 aromatic rings. The first-order valence-corrected chi connectivity index (χ1v) is 8.82. The topological polar surface area (TPSA) is 111 Å². The smallest absolute Gasteiger partial charge is 0.341 e. The number of rotatable bonds is 3. The fourth-order valence-corrected chi connectivity index (χ4v) is 3.57. The summed E-state index contributed by atoms with van der Waals surface area (Å²) < 4.78 is 5.69. The summed E-state index contributed by atoms with van der Waals surface area (Å²) >= 11 is 7.09. The van der Waals surface area contributed by atoms with E-state index in [0.717, 1.165) is 11.5 Å². The van der Waals surface area contributed by atoms with Crippen LogP contribution in [0.4, 0.5) is 0 Å². The number of aryl methyl sites for hydroxylation is 1. The average Bonchev–Trinajstić information content (AvgIpc) is 3.11. The number of pyridine rings is 3. The van der Waals surface area contributed by atoms with Gasteiger partial charge in [-0.15, -0.1) is 12.4 Å². The second-order valence-electron chi connectivity index (χ2n) is 5.62. The Kier molecular flexibility index (Phi) is 5.41. The van der Waals surface area contributed by atoms with Gasteiger partial charge in [0.2, 0.25) is 10.6 Å². The SMILES string of the molecule is Cc1cc(Cl)nc2c1c(=O)c(C(=O)O)cn2-c1nc(-c2ccccn2)ns1.Cl. The van der Waals surface area contributed by atoms with Gasteiger partial charge >= 0.3 is 5.97 Å². The maximum absolute atomic E-state index is 12.6. The minimum atomic E-state index is -1.33. The number of hydrogen-bond donors (Lipinski definition) is 1. The number of carboxylic acids is 1. The number of nitrogens with zero attached hydrogens (tertiary/aromatic N) is 5. The Balaban J connectivity index is 0.00000225. The summed E-state index contributed by atoms with van der Waals surface area (Å²) in [7, 11) is 0. The van der Waals surface area contributed by atoms with E-state index in [2.05, 4.69) is 19.3 Å². The average molecular weight is 436 g/mol. The van der Waals surface area contributed by atoms with E-state index in [1.165, 1.54) is 16.8 Å². The van der Waals surface area contributed by atoms with Crippen LogP contribution in [-0.2, 0) is 0 Å². The maximum atomic E-state index is 12.6. The molecule has 0 fully saturated rings. The van der Waals surface area contributed by atoms with Crippen LogP contribution in [0.3, 0.4) is 0 Å². The van der Waals surface area contributed by atoms with Crippen LogP contribution < -0.4 is 5.43 Å². The molecule has 0 aliphatic rings. The summed E-state index contributed by atoms with van der Waals surface area (Å²) in [5.41, 5.74) is 0.320. The van der Waals surface area contributed by atoms with Gasteiger partial charge in [0.15, 0.2) is 11.5 Å². The molecule has 4 aromatic heterocycles. The van der Waals surface area contributed by atoms with Crippen LogP contribution in [0.1, 0.15) is 15.9 Å². The van der Waals surface area contributed by atoms with Gasteiger partial charge in [-0.3, -0.25) is 14.3 Å². The first kappa shape index (κ1) is 19.9. The van der Waals surface area contributed by atoms with Crippen LogP contribution in [0.5, 0.6) is 0 Å². The van der Waals surface area contributed by atoms with Crippen molar-refractivity contribution in [3.05, 3.63) is 63.2 Å². The zero-order valence-electron chi connectivity index (χ0n) is 14.2. The molecule has 11 heteroatoms. The van der Waals surface area contributed by atoms with Crippen molar-refractivity contribution in [2.24, 2.45) is 0 Å². The Morgan fingerprint density at radius 2 is 2.07 bits per heavy atom. The largest absolute Gasteiger partial charge is 0.477 e. The standard InChI is InChI=1S/C17H10ClN5O3S.ClH/c1-8-6-11(18)20-15-12(8)13(24)9(16(25)26)7-23(15)17-21-14(22-27-17)10-4-2-3-5-19-10;/h2-7H,1H3,(H,25,26);1H. The zero-order chi connectivity index (χ0) is 19.1. The highest BCUT2D eigenvalue weighted by Gasteiger charge is 2.20. The van der Waals surface area contributed by atoms with E-state index >= 15 is 0 Å². The molecule has 28 heavy (non-hydrogen) atoms. The van der Waals surface area contributed by atoms with Gasteiger partial charge in [0, 0.05) is 23.9 Å². The Morgan fingerprint density at radius 1 is 1.29 bits per heavy atom. The van der Waals surface area contributed by atoms with Crippen LogP contribution in [0.15, 0.2) is 41.5 Å². The zero-order valence-corrected chi connectivity index (χ0v) is 16.5. The van der Waals surface area contributed by atoms with E-state index in [1.54, 1.807) is 25.3 Å². The van der Waals surface area contributed by atoms with E-state index in [0.29, 0.717) is 22.2 Å². The van der Waals surface area contributed by atoms with Crippen LogP contribution in [0.25, 0.3) is 27.7 Å². The monoisotopic (exact) mass is 435 g/mol. The molecule has 142 valence electrons. The molecule has 8 nitrogen and oxygen atoms in total. The van der Waals surface area contributed by atoms with Crippen molar-refractivity contribution in [1.29, 1.82) is 0 Å². The number of halogens is 2. The number of carbonyl (C=O) groups is 1. The van der Waals surface area contributed by atoms with Crippen molar-refractivity contribution in [2.75, 3.05) is 0 Å². The minimum absolute atomic E-state index is 0. The molecule has 0 saturated carbocycles. The molecule has 0 unspecified atom stereocenters. The van der Waals surface area contributed by atoms with E-state index in [1.807, 2.05) is 6.07 Å². The molecular weight excluding hydrogens is 425 g/mol. The maximum Gasteiger partial charge on any atom is 0.341 e. The normalized spacial score (nSPS) is 10.6. The summed E-state index contributed by atoms with van der Waals surface area (Å²) in [4.78, 5) is 37.0. The fourth-order valence-electron chi connectivity index (χ4n) is 2.67. The number of hydrogen-bond acceptors (Lipinski definition) is 7. The number of aromatic carboxylic acids is 1. The van der Waals surface area contributed by atoms with Crippen molar-refractivity contribution < 1.29 is 9.90 Å². The summed E-state index contributed by atoms with van der Waals surface area (Å²) in [5, 5.41) is 10.1. The molecule has 0 aromatic carbocycles. The summed E-state index contributed by atoms with van der Waals surface area (Å²) in [6.45, 7) is 1.67. The Labute approximate surface area is 173 Å². The third-order valence-electron chi connectivity index (χ3n) is 3.87. The van der Waals surface area contributed by atoms with Crippen LogP contribution >= 0.6 is 35.5 Å². The van der Waals surface area contributed by atoms with Crippen molar-refractivity contribution in [3.8, 4) is 16.6 Å². The molecule has 4 rings (SSSR count). The summed E-state index contributed by atoms with van der Waals surface area (Å²) in [5.74, 6) is -0.947. The highest BCUT2D eigenvalue weighted by atomic mass is 35.5. The lowest BCUT2D eigenvalue weighted by Crippen LogP contribution is -2.20. The van der Waals surface area contributed by atoms with Crippen molar-refractivity contribution >= 4 is 52.5 Å². The molecule has 0 saturated heterocycles. The second kappa shape index (κ2) is 7.63. The van der Waals surface area contributed by atoms with Gasteiger partial charge in [-0.25, -0.2) is 9.78 Å². The molecule has 0 aliphatic carbocycles. The van der Waals surface area contributed by atoms with Crippen molar-refractivity contribution in [3.63, 3.8) is 0 Å². The van der Waals surface area contributed by atoms with Gasteiger partial charge in [0.25, 0.3) is 0 Å². The molecule has 0 spiro atoms. The van der Waals surface area contributed by atoms with E-state index in [-0.39, 0.29) is 34.2 Å². The van der Waals surface area contributed by atoms with E-state index < -0.39 is 11.4 Å². The quantitative estimate of drug-likeness (QED) is 0.490. The van der Waals surface area contributed by atoms with Gasteiger partial charge < -0.3 is 5.11 Å². The van der Waals surface area contributed by atoms with Crippen LogP contribution in [-0.4, -0.2) is 35.0 Å². The predicted octanol–water partition coefficient (Wildman–Crippen LogP) is 3.38. The first-order valence-electron chi connectivity index (χ1n) is 7.67.